The van der Waals surface area contributed by atoms with Gasteiger partial charge in [-0.25, -0.2) is 14.6 Å². The molecule has 0 atom stereocenters. The Kier molecular flexibility index (Phi) is 3.45. The van der Waals surface area contributed by atoms with Gasteiger partial charge >= 0.3 is 0 Å². The maximum absolute atomic E-state index is 4.29. The number of aromatic nitrogens is 5. The van der Waals surface area contributed by atoms with Crippen LogP contribution in [0.2, 0.25) is 0 Å². The summed E-state index contributed by atoms with van der Waals surface area (Å²) in [6.45, 7) is 1.42. The molecule has 20 heavy (non-hydrogen) atoms. The van der Waals surface area contributed by atoms with E-state index in [0.717, 1.165) is 18.1 Å². The Labute approximate surface area is 117 Å². The second-order valence-electron chi connectivity index (χ2n) is 4.60. The number of nitrogens with one attached hydrogen (secondary N) is 1. The van der Waals surface area contributed by atoms with Gasteiger partial charge in [-0.2, -0.15) is 5.10 Å². The van der Waals surface area contributed by atoms with Gasteiger partial charge in [-0.15, -0.1) is 0 Å². The van der Waals surface area contributed by atoms with Crippen LogP contribution in [0.4, 0.5) is 5.69 Å². The van der Waals surface area contributed by atoms with E-state index in [2.05, 4.69) is 32.5 Å². The number of rotatable bonds is 5. The molecule has 2 heterocycles. The van der Waals surface area contributed by atoms with Gasteiger partial charge in [0.25, 0.3) is 0 Å². The second-order valence-corrected chi connectivity index (χ2v) is 4.60. The molecular formula is C14H16N6. The Morgan fingerprint density at radius 2 is 2.25 bits per heavy atom. The summed E-state index contributed by atoms with van der Waals surface area (Å²) in [4.78, 5) is 8.24. The van der Waals surface area contributed by atoms with Crippen LogP contribution in [0.1, 0.15) is 11.4 Å². The number of anilines is 1. The van der Waals surface area contributed by atoms with E-state index in [4.69, 9.17) is 0 Å². The molecule has 0 radical (unpaired) electrons. The zero-order valence-electron chi connectivity index (χ0n) is 11.3. The molecule has 3 rings (SSSR count). The van der Waals surface area contributed by atoms with Gasteiger partial charge in [-0.1, -0.05) is 12.1 Å². The summed E-state index contributed by atoms with van der Waals surface area (Å²) >= 11 is 0. The first-order chi connectivity index (χ1) is 9.81. The molecule has 0 bridgehead atoms. The first kappa shape index (κ1) is 12.4. The normalized spacial score (nSPS) is 10.7. The molecule has 102 valence electrons. The Hall–Kier alpha value is -2.63. The molecule has 0 spiro atoms. The van der Waals surface area contributed by atoms with Gasteiger partial charge in [0.2, 0.25) is 0 Å². The van der Waals surface area contributed by atoms with Crippen LogP contribution in [0.3, 0.4) is 0 Å². The Morgan fingerprint density at radius 3 is 3.00 bits per heavy atom. The zero-order valence-corrected chi connectivity index (χ0v) is 11.3. The molecule has 0 fully saturated rings. The Morgan fingerprint density at radius 1 is 1.30 bits per heavy atom. The third-order valence-electron chi connectivity index (χ3n) is 3.11. The van der Waals surface area contributed by atoms with Crippen LogP contribution in [0, 0.1) is 0 Å². The number of hydrogen-bond donors (Lipinski definition) is 1. The molecule has 0 saturated heterocycles. The molecule has 3 aromatic rings. The van der Waals surface area contributed by atoms with Crippen molar-refractivity contribution in [2.24, 2.45) is 7.05 Å². The van der Waals surface area contributed by atoms with Gasteiger partial charge < -0.3 is 9.88 Å². The molecule has 0 aliphatic carbocycles. The molecule has 6 nitrogen and oxygen atoms in total. The van der Waals surface area contributed by atoms with Crippen LogP contribution in [-0.2, 0) is 20.1 Å². The van der Waals surface area contributed by atoms with Crippen molar-refractivity contribution in [2.75, 3.05) is 5.32 Å². The van der Waals surface area contributed by atoms with E-state index < -0.39 is 0 Å². The van der Waals surface area contributed by atoms with Gasteiger partial charge in [0.05, 0.1) is 13.1 Å². The van der Waals surface area contributed by atoms with Crippen molar-refractivity contribution < 1.29 is 0 Å². The number of aryl methyl sites for hydroxylation is 1. The third kappa shape index (κ3) is 2.85. The van der Waals surface area contributed by atoms with E-state index in [1.807, 2.05) is 29.9 Å². The predicted octanol–water partition coefficient (Wildman–Crippen LogP) is 1.67. The van der Waals surface area contributed by atoms with Gasteiger partial charge in [-0.05, 0) is 17.7 Å². The summed E-state index contributed by atoms with van der Waals surface area (Å²) < 4.78 is 3.81. The van der Waals surface area contributed by atoms with E-state index >= 15 is 0 Å². The summed E-state index contributed by atoms with van der Waals surface area (Å²) in [5.74, 6) is 1.01. The van der Waals surface area contributed by atoms with Gasteiger partial charge in [0.1, 0.15) is 18.5 Å². The van der Waals surface area contributed by atoms with Crippen LogP contribution in [0.5, 0.6) is 0 Å². The highest BCUT2D eigenvalue weighted by atomic mass is 15.3. The van der Waals surface area contributed by atoms with Crippen LogP contribution < -0.4 is 5.32 Å². The van der Waals surface area contributed by atoms with Crippen molar-refractivity contribution in [3.8, 4) is 0 Å². The number of hydrogen-bond acceptors (Lipinski definition) is 4. The molecule has 0 unspecified atom stereocenters. The Bertz CT molecular complexity index is 671. The molecule has 2 aromatic heterocycles. The maximum atomic E-state index is 4.29. The fourth-order valence-electron chi connectivity index (χ4n) is 2.03. The lowest BCUT2D eigenvalue weighted by molar-refractivity contribution is 0.685. The van der Waals surface area contributed by atoms with E-state index in [1.165, 1.54) is 5.56 Å². The second kappa shape index (κ2) is 5.56. The maximum Gasteiger partial charge on any atom is 0.137 e. The summed E-state index contributed by atoms with van der Waals surface area (Å²) in [5.41, 5.74) is 2.26. The lowest BCUT2D eigenvalue weighted by Crippen LogP contribution is -2.06. The SMILES string of the molecule is Cn1ccnc1CNc1cccc(Cn2cncn2)c1. The molecule has 0 saturated carbocycles. The summed E-state index contributed by atoms with van der Waals surface area (Å²) in [6, 6.07) is 8.28. The number of nitrogens with zero attached hydrogens (tertiary/aromatic N) is 5. The minimum atomic E-state index is 0.705. The third-order valence-corrected chi connectivity index (χ3v) is 3.11. The van der Waals surface area contributed by atoms with Gasteiger partial charge in [-0.3, -0.25) is 0 Å². The molecule has 0 amide bonds. The topological polar surface area (TPSA) is 60.6 Å². The fourth-order valence-corrected chi connectivity index (χ4v) is 2.03. The first-order valence-corrected chi connectivity index (χ1v) is 6.43. The number of imidazole rings is 1. The zero-order chi connectivity index (χ0) is 13.8. The average molecular weight is 268 g/mol. The quantitative estimate of drug-likeness (QED) is 0.764. The molecule has 0 aliphatic heterocycles. The minimum absolute atomic E-state index is 0.705. The van der Waals surface area contributed by atoms with Crippen molar-refractivity contribution in [1.82, 2.24) is 24.3 Å². The molecule has 1 N–H and O–H groups in total. The van der Waals surface area contributed by atoms with Crippen molar-refractivity contribution in [2.45, 2.75) is 13.1 Å². The van der Waals surface area contributed by atoms with Gasteiger partial charge in [0, 0.05) is 25.1 Å². The number of benzene rings is 1. The van der Waals surface area contributed by atoms with Crippen LogP contribution in [0.15, 0.2) is 49.3 Å². The summed E-state index contributed by atoms with van der Waals surface area (Å²) in [6.07, 6.45) is 7.01. The highest BCUT2D eigenvalue weighted by Crippen LogP contribution is 2.12. The Balaban J connectivity index is 1.67. The van der Waals surface area contributed by atoms with Crippen LogP contribution in [0.25, 0.3) is 0 Å². The molecular weight excluding hydrogens is 252 g/mol. The van der Waals surface area contributed by atoms with E-state index in [9.17, 15) is 0 Å². The van der Waals surface area contributed by atoms with Gasteiger partial charge in [0.15, 0.2) is 0 Å². The van der Waals surface area contributed by atoms with Crippen LogP contribution >= 0.6 is 0 Å². The first-order valence-electron chi connectivity index (χ1n) is 6.43. The lowest BCUT2D eigenvalue weighted by atomic mass is 10.2. The van der Waals surface area contributed by atoms with Crippen molar-refractivity contribution in [1.29, 1.82) is 0 Å². The fraction of sp³-hybridized carbons (Fsp3) is 0.214. The van der Waals surface area contributed by atoms with Crippen LogP contribution in [-0.4, -0.2) is 24.3 Å². The highest BCUT2D eigenvalue weighted by molar-refractivity contribution is 5.45. The lowest BCUT2D eigenvalue weighted by Gasteiger charge is -2.08. The average Bonchev–Trinajstić information content (AvgIpc) is 3.09. The molecule has 1 aromatic carbocycles. The minimum Gasteiger partial charge on any atom is -0.378 e. The summed E-state index contributed by atoms with van der Waals surface area (Å²) in [7, 11) is 1.99. The van der Waals surface area contributed by atoms with E-state index in [1.54, 1.807) is 23.5 Å². The molecule has 6 heteroatoms. The summed E-state index contributed by atoms with van der Waals surface area (Å²) in [5, 5.41) is 7.49. The standard InChI is InChI=1S/C14H16N6/c1-19-6-5-16-14(19)8-17-13-4-2-3-12(7-13)9-20-11-15-10-18-20/h2-7,10-11,17H,8-9H2,1H3. The highest BCUT2D eigenvalue weighted by Gasteiger charge is 2.01. The van der Waals surface area contributed by atoms with E-state index in [-0.39, 0.29) is 0 Å². The largest absolute Gasteiger partial charge is 0.378 e. The smallest absolute Gasteiger partial charge is 0.137 e. The van der Waals surface area contributed by atoms with E-state index in [0.29, 0.717) is 6.54 Å². The molecule has 0 aliphatic rings. The van der Waals surface area contributed by atoms with Crippen molar-refractivity contribution in [3.05, 3.63) is 60.7 Å². The monoisotopic (exact) mass is 268 g/mol. The van der Waals surface area contributed by atoms with Crippen molar-refractivity contribution in [3.63, 3.8) is 0 Å². The van der Waals surface area contributed by atoms with Crippen molar-refractivity contribution >= 4 is 5.69 Å². The predicted molar refractivity (Wildman–Crippen MR) is 76.1 cm³/mol.